The molecule has 2 heterocycles. The predicted octanol–water partition coefficient (Wildman–Crippen LogP) is 7.90. The Labute approximate surface area is 714 Å². The van der Waals surface area contributed by atoms with Gasteiger partial charge in [-0.15, -0.1) is 11.3 Å². The number of benzene rings is 2. The third kappa shape index (κ3) is 38.6. The number of esters is 2. The standard InChI is InChI=1S/C82H117N9O27S3/c1-10-17-73(103)116-45-91(77(106)59(48(5)11-2)35-49(6)64-20-15-16-31-90(64)9)65(47(3)4)41-68(118-51(8)93)76-87-63(44-119-76)75(105)84-56(36-53-21-23-57(94)24-22-53)34-50(7)67(97)42-83-82(114)115-32-33-120-121-43-55(78(107)108)39-66(96)62(37-52-18-13-12-14-19-52)86-74(104)54(40-72(101)102)38-58(95)25-26-60(79(109)110)85-69(98)28-27-61(80(111)112)88-81(113)89-70(117-46-92)29-30-71(99)100/h12-14,18-19,21-24,44,46-50,54-56,59-62,64-65,68,70,94H,10-11,15-17,20,25-43,45H2,1-9H3,(H,83,114)(H,84,105)(H,85,98)(H,86,104)(H,99,100)(H,101,102)(H,107,108)(H,109,110)(H,111,112)(H2,88,89,113)/t48?,49?,50-,54-,55+,56+,59-,60-,61-,62+,64+,65+,68+,70+/m0/s1. The molecule has 12 N–H and O–H groups in total. The molecule has 0 radical (unpaired) electrons. The number of carbonyl (C=O) groups is 17. The molecular weight excluding hydrogens is 1640 g/mol. The molecule has 3 aromatic rings. The number of aromatic hydroxyl groups is 1. The van der Waals surface area contributed by atoms with Crippen LogP contribution in [0.5, 0.6) is 5.75 Å². The van der Waals surface area contributed by atoms with Gasteiger partial charge in [0.15, 0.2) is 30.6 Å². The van der Waals surface area contributed by atoms with Gasteiger partial charge in [0, 0.05) is 98.7 Å². The number of nitrogens with one attached hydrogen (secondary N) is 6. The lowest BCUT2D eigenvalue weighted by Crippen LogP contribution is -2.50. The van der Waals surface area contributed by atoms with Gasteiger partial charge in [-0.1, -0.05) is 125 Å². The molecular formula is C82H117N9O27S3. The number of thiazole rings is 1. The summed E-state index contributed by atoms with van der Waals surface area (Å²) in [7, 11) is 4.23. The number of carbonyl (C=O) groups excluding carboxylic acids is 12. The Morgan fingerprint density at radius 2 is 1.36 bits per heavy atom. The molecule has 121 heavy (non-hydrogen) atoms. The van der Waals surface area contributed by atoms with Crippen LogP contribution >= 0.6 is 32.9 Å². The van der Waals surface area contributed by atoms with E-state index < -0.39 is 213 Å². The molecule has 0 saturated carbocycles. The molecule has 1 fully saturated rings. The van der Waals surface area contributed by atoms with Crippen LogP contribution in [-0.4, -0.2) is 234 Å². The van der Waals surface area contributed by atoms with Crippen molar-refractivity contribution in [2.75, 3.05) is 45.0 Å². The molecule has 1 aliphatic rings. The van der Waals surface area contributed by atoms with Gasteiger partial charge in [0.05, 0.1) is 37.3 Å². The van der Waals surface area contributed by atoms with Gasteiger partial charge in [-0.3, -0.25) is 62.3 Å². The fraction of sp³-hybridized carbons (Fsp3) is 0.610. The molecule has 0 aliphatic carbocycles. The number of hydrogen-bond acceptors (Lipinski definition) is 27. The predicted molar refractivity (Wildman–Crippen MR) is 443 cm³/mol. The smallest absolute Gasteiger partial charge is 0.407 e. The van der Waals surface area contributed by atoms with Crippen LogP contribution in [0.4, 0.5) is 9.59 Å². The summed E-state index contributed by atoms with van der Waals surface area (Å²) in [5.74, 6) is -18.0. The van der Waals surface area contributed by atoms with E-state index in [4.69, 9.17) is 24.3 Å². The number of carboxylic acids is 5. The number of aromatic nitrogens is 1. The van der Waals surface area contributed by atoms with Gasteiger partial charge in [0.2, 0.25) is 17.7 Å². The van der Waals surface area contributed by atoms with E-state index in [1.165, 1.54) is 24.4 Å². The number of nitrogens with zero attached hydrogens (tertiary/aromatic N) is 3. The molecule has 14 atom stereocenters. The summed E-state index contributed by atoms with van der Waals surface area (Å²) in [5.41, 5.74) is 1.16. The molecule has 2 aromatic carbocycles. The molecule has 36 nitrogen and oxygen atoms in total. The highest BCUT2D eigenvalue weighted by atomic mass is 33.1. The van der Waals surface area contributed by atoms with Crippen molar-refractivity contribution < 1.29 is 131 Å². The summed E-state index contributed by atoms with van der Waals surface area (Å²) in [6.45, 7) is 14.7. The second-order valence-electron chi connectivity index (χ2n) is 30.6. The monoisotopic (exact) mass is 1760 g/mol. The number of phenols is 1. The molecule has 1 aromatic heterocycles. The lowest BCUT2D eigenvalue weighted by atomic mass is 9.78. The Morgan fingerprint density at radius 3 is 1.97 bits per heavy atom. The minimum atomic E-state index is -1.78. The number of phenolic OH excluding ortho intramolecular Hbond substituents is 1. The van der Waals surface area contributed by atoms with Crippen molar-refractivity contribution in [2.24, 2.45) is 41.4 Å². The van der Waals surface area contributed by atoms with Crippen molar-refractivity contribution in [3.8, 4) is 5.75 Å². The van der Waals surface area contributed by atoms with Crippen LogP contribution in [0.25, 0.3) is 0 Å². The van der Waals surface area contributed by atoms with E-state index in [0.29, 0.717) is 30.0 Å². The number of ether oxygens (including phenoxy) is 4. The van der Waals surface area contributed by atoms with Gasteiger partial charge in [0.25, 0.3) is 12.4 Å². The maximum Gasteiger partial charge on any atom is 0.407 e. The molecule has 2 unspecified atom stereocenters. The molecule has 1 aliphatic heterocycles. The van der Waals surface area contributed by atoms with Crippen LogP contribution in [0.2, 0.25) is 0 Å². The Hall–Kier alpha value is -10.3. The third-order valence-electron chi connectivity index (χ3n) is 20.7. The SMILES string of the molecule is CCCC(=O)OCN(C(=O)[C@@H](CC(C)[C@H]1CCCCN1C)C(C)CC)[C@H](C[C@@H](OC(C)=O)c1nc(C(=O)N[C@@H](Cc2ccc(O)cc2)C[C@H](C)C(=O)CNC(=O)OCCSSC[C@@H](CC(=O)[C@@H](Cc2ccccc2)NC(=O)[C@H](CC(=O)O)CC(=O)CC[C@H](NC(=O)CC[C@H](NC(=O)N[C@@H](CCC(=O)O)OC=O)C(=O)O)C(=O)O)C(=O)O)cs1)C(C)C. The van der Waals surface area contributed by atoms with Gasteiger partial charge in [-0.25, -0.2) is 24.2 Å². The van der Waals surface area contributed by atoms with E-state index >= 15 is 4.79 Å². The van der Waals surface area contributed by atoms with Crippen molar-refractivity contribution in [2.45, 2.75) is 232 Å². The van der Waals surface area contributed by atoms with Crippen LogP contribution < -0.4 is 31.9 Å². The fourth-order valence-electron chi connectivity index (χ4n) is 13.8. The van der Waals surface area contributed by atoms with Gasteiger partial charge in [0.1, 0.15) is 40.9 Å². The Bertz CT molecular complexity index is 3950. The number of carboxylic acid groups (broad SMARTS) is 5. The van der Waals surface area contributed by atoms with E-state index in [1.54, 1.807) is 54.3 Å². The van der Waals surface area contributed by atoms with Crippen LogP contribution in [0.1, 0.15) is 204 Å². The number of ketones is 3. The van der Waals surface area contributed by atoms with Crippen molar-refractivity contribution in [3.63, 3.8) is 0 Å². The van der Waals surface area contributed by atoms with Gasteiger partial charge >= 0.3 is 53.9 Å². The zero-order valence-corrected chi connectivity index (χ0v) is 72.2. The van der Waals surface area contributed by atoms with Gasteiger partial charge < -0.3 is 91.3 Å². The number of Topliss-reactive ketones (excluding diaryl/α,β-unsaturated/α-hetero) is 3. The molecule has 7 amide bonds. The topological polar surface area (TPSA) is 540 Å². The van der Waals surface area contributed by atoms with Crippen molar-refractivity contribution in [1.82, 2.24) is 46.7 Å². The number of alkyl carbamates (subject to hydrolysis) is 1. The minimum Gasteiger partial charge on any atom is -0.508 e. The van der Waals surface area contributed by atoms with E-state index in [2.05, 4.69) is 57.1 Å². The molecule has 1 saturated heterocycles. The van der Waals surface area contributed by atoms with Crippen molar-refractivity contribution in [1.29, 1.82) is 0 Å². The Morgan fingerprint density at radius 1 is 0.686 bits per heavy atom. The van der Waals surface area contributed by atoms with Crippen LogP contribution in [0.15, 0.2) is 60.0 Å². The number of rotatable bonds is 59. The highest BCUT2D eigenvalue weighted by Crippen LogP contribution is 2.36. The molecule has 0 bridgehead atoms. The van der Waals surface area contributed by atoms with Crippen LogP contribution in [0.3, 0.4) is 0 Å². The highest BCUT2D eigenvalue weighted by molar-refractivity contribution is 8.76. The summed E-state index contributed by atoms with van der Waals surface area (Å²) in [4.78, 5) is 228. The summed E-state index contributed by atoms with van der Waals surface area (Å²) < 4.78 is 21.7. The first kappa shape index (κ1) is 103. The summed E-state index contributed by atoms with van der Waals surface area (Å²) in [5, 5.41) is 74.5. The summed E-state index contributed by atoms with van der Waals surface area (Å²) >= 11 is 1.07. The molecule has 39 heteroatoms. The minimum absolute atomic E-state index is 0.00446. The molecule has 4 rings (SSSR count). The number of hydrogen-bond donors (Lipinski definition) is 12. The zero-order valence-electron chi connectivity index (χ0n) is 69.7. The molecule has 670 valence electrons. The quantitative estimate of drug-likeness (QED) is 0.00638. The van der Waals surface area contributed by atoms with Crippen molar-refractivity contribution in [3.05, 3.63) is 81.8 Å². The zero-order chi connectivity index (χ0) is 90.0. The Kier molecular flexibility index (Phi) is 46.1. The lowest BCUT2D eigenvalue weighted by Gasteiger charge is -2.41. The van der Waals surface area contributed by atoms with E-state index in [9.17, 15) is 102 Å². The first-order valence-corrected chi connectivity index (χ1v) is 43.7. The van der Waals surface area contributed by atoms with Crippen molar-refractivity contribution >= 4 is 134 Å². The van der Waals surface area contributed by atoms with Crippen LogP contribution in [0, 0.1) is 41.4 Å². The average molecular weight is 1760 g/mol. The number of aliphatic carboxylic acids is 5. The lowest BCUT2D eigenvalue weighted by molar-refractivity contribution is -0.161. The van der Waals surface area contributed by atoms with Gasteiger partial charge in [-0.2, -0.15) is 0 Å². The van der Waals surface area contributed by atoms with E-state index in [-0.39, 0.29) is 110 Å². The first-order chi connectivity index (χ1) is 57.3. The number of piperidine rings is 1. The van der Waals surface area contributed by atoms with E-state index in [1.807, 2.05) is 33.0 Å². The normalized spacial score (nSPS) is 15.9. The highest BCUT2D eigenvalue weighted by Gasteiger charge is 2.41. The second kappa shape index (κ2) is 54.2. The maximum absolute atomic E-state index is 15.3. The number of urea groups is 1. The number of likely N-dealkylation sites (tertiary alicyclic amines) is 1. The van der Waals surface area contributed by atoms with Crippen LogP contribution in [-0.2, 0) is 98.9 Å². The summed E-state index contributed by atoms with van der Waals surface area (Å²) in [6.07, 6.45) is -4.04. The largest absolute Gasteiger partial charge is 0.508 e. The number of amides is 7. The third-order valence-corrected chi connectivity index (χ3v) is 24.1. The maximum atomic E-state index is 15.3. The average Bonchev–Trinajstić information content (AvgIpc) is 1.80. The second-order valence-corrected chi connectivity index (χ2v) is 34.1. The fourth-order valence-corrected chi connectivity index (χ4v) is 16.8. The Balaban J connectivity index is 1.36. The van der Waals surface area contributed by atoms with Gasteiger partial charge in [-0.05, 0) is 112 Å². The van der Waals surface area contributed by atoms with E-state index in [0.717, 1.165) is 65.2 Å². The molecule has 0 spiro atoms. The summed E-state index contributed by atoms with van der Waals surface area (Å²) in [6, 6.07) is 7.09. The first-order valence-electron chi connectivity index (χ1n) is 40.3.